The fourth-order valence-corrected chi connectivity index (χ4v) is 4.37. The first-order valence-electron chi connectivity index (χ1n) is 9.29. The minimum atomic E-state index is -0.406. The topological polar surface area (TPSA) is 52.7 Å². The van der Waals surface area contributed by atoms with Gasteiger partial charge in [0.25, 0.3) is 0 Å². The summed E-state index contributed by atoms with van der Waals surface area (Å²) in [6, 6.07) is 9.85. The zero-order valence-electron chi connectivity index (χ0n) is 15.5. The van der Waals surface area contributed by atoms with Crippen LogP contribution in [0.4, 0.5) is 5.69 Å². The number of likely N-dealkylation sites (tertiary alicyclic amines) is 2. The zero-order chi connectivity index (χ0) is 18.0. The van der Waals surface area contributed by atoms with Crippen LogP contribution in [0.1, 0.15) is 33.1 Å². The summed E-state index contributed by atoms with van der Waals surface area (Å²) in [5, 5.41) is 3.12. The molecule has 2 aliphatic heterocycles. The van der Waals surface area contributed by atoms with Crippen molar-refractivity contribution in [3.63, 3.8) is 0 Å². The van der Waals surface area contributed by atoms with Crippen molar-refractivity contribution >= 4 is 17.5 Å². The van der Waals surface area contributed by atoms with E-state index in [1.807, 2.05) is 49.1 Å². The highest BCUT2D eigenvalue weighted by atomic mass is 16.2. The van der Waals surface area contributed by atoms with Gasteiger partial charge >= 0.3 is 0 Å². The molecule has 1 aromatic carbocycles. The van der Waals surface area contributed by atoms with Gasteiger partial charge in [-0.1, -0.05) is 32.0 Å². The Bertz CT molecular complexity index is 631. The molecule has 3 rings (SSSR count). The van der Waals surface area contributed by atoms with Crippen molar-refractivity contribution in [2.45, 2.75) is 39.2 Å². The minimum Gasteiger partial charge on any atom is -0.342 e. The lowest BCUT2D eigenvalue weighted by Crippen LogP contribution is -2.46. The lowest BCUT2D eigenvalue weighted by molar-refractivity contribution is -0.135. The van der Waals surface area contributed by atoms with Gasteiger partial charge in [-0.05, 0) is 45.0 Å². The van der Waals surface area contributed by atoms with Crippen molar-refractivity contribution in [3.8, 4) is 0 Å². The average molecular weight is 343 g/mol. The van der Waals surface area contributed by atoms with Gasteiger partial charge in [0.2, 0.25) is 11.8 Å². The summed E-state index contributed by atoms with van der Waals surface area (Å²) in [5.74, 6) is 0.304. The molecule has 0 radical (unpaired) electrons. The number of fused-ring (bicyclic) bond motifs is 1. The molecule has 5 nitrogen and oxygen atoms in total. The Hall–Kier alpha value is -1.88. The van der Waals surface area contributed by atoms with E-state index in [0.717, 1.165) is 38.0 Å². The van der Waals surface area contributed by atoms with Crippen molar-refractivity contribution in [1.82, 2.24) is 9.80 Å². The smallest absolute Gasteiger partial charge is 0.232 e. The Morgan fingerprint density at radius 2 is 1.80 bits per heavy atom. The van der Waals surface area contributed by atoms with E-state index in [4.69, 9.17) is 0 Å². The normalized spacial score (nSPS) is 27.0. The van der Waals surface area contributed by atoms with Crippen LogP contribution in [0, 0.1) is 11.3 Å². The molecule has 2 saturated heterocycles. The van der Waals surface area contributed by atoms with Gasteiger partial charge in [0.05, 0.1) is 5.41 Å². The first kappa shape index (κ1) is 17.9. The number of nitrogens with one attached hydrogen (secondary N) is 1. The second-order valence-corrected chi connectivity index (χ2v) is 7.74. The number of benzene rings is 1. The number of nitrogens with zero attached hydrogens (tertiary/aromatic N) is 2. The van der Waals surface area contributed by atoms with Crippen LogP contribution in [-0.4, -0.2) is 54.3 Å². The van der Waals surface area contributed by atoms with Crippen molar-refractivity contribution < 1.29 is 9.59 Å². The lowest BCUT2D eigenvalue weighted by Gasteiger charge is -2.34. The standard InChI is InChI=1S/C20H29N3O2/c1-15(2)18(24)23-12-9-17-20(11-14-23,10-13-22(17)3)19(25)21-16-7-5-4-6-8-16/h4-8,15,17H,9-14H2,1-3H3,(H,21,25)/t17-,20-/m1/s1. The van der Waals surface area contributed by atoms with Gasteiger partial charge in [-0.3, -0.25) is 9.59 Å². The van der Waals surface area contributed by atoms with E-state index < -0.39 is 5.41 Å². The van der Waals surface area contributed by atoms with Gasteiger partial charge in [0, 0.05) is 30.7 Å². The van der Waals surface area contributed by atoms with Crippen LogP contribution in [-0.2, 0) is 9.59 Å². The molecule has 0 aromatic heterocycles. The quantitative estimate of drug-likeness (QED) is 0.918. The third kappa shape index (κ3) is 3.43. The van der Waals surface area contributed by atoms with Crippen molar-refractivity contribution in [2.24, 2.45) is 11.3 Å². The monoisotopic (exact) mass is 343 g/mol. The maximum absolute atomic E-state index is 13.2. The lowest BCUT2D eigenvalue weighted by atomic mass is 9.75. The van der Waals surface area contributed by atoms with Crippen LogP contribution in [0.25, 0.3) is 0 Å². The molecule has 25 heavy (non-hydrogen) atoms. The molecule has 1 aromatic rings. The van der Waals surface area contributed by atoms with E-state index in [2.05, 4.69) is 17.3 Å². The molecular formula is C20H29N3O2. The maximum atomic E-state index is 13.2. The highest BCUT2D eigenvalue weighted by Crippen LogP contribution is 2.44. The molecule has 0 saturated carbocycles. The number of anilines is 1. The predicted molar refractivity (Wildman–Crippen MR) is 99.2 cm³/mol. The number of hydrogen-bond donors (Lipinski definition) is 1. The summed E-state index contributed by atoms with van der Waals surface area (Å²) in [5.41, 5.74) is 0.436. The molecule has 2 aliphatic rings. The van der Waals surface area contributed by atoms with Crippen molar-refractivity contribution in [3.05, 3.63) is 30.3 Å². The first-order chi connectivity index (χ1) is 11.9. The summed E-state index contributed by atoms with van der Waals surface area (Å²) in [7, 11) is 2.10. The molecule has 5 heteroatoms. The largest absolute Gasteiger partial charge is 0.342 e. The Kier molecular flexibility index (Phi) is 5.13. The SMILES string of the molecule is CC(C)C(=O)N1CC[C@H]2N(C)CC[C@@]2(C(=O)Nc2ccccc2)CC1. The second-order valence-electron chi connectivity index (χ2n) is 7.74. The molecule has 2 fully saturated rings. The molecule has 0 bridgehead atoms. The number of carbonyl (C=O) groups is 2. The van der Waals surface area contributed by atoms with E-state index >= 15 is 0 Å². The van der Waals surface area contributed by atoms with Crippen LogP contribution in [0.2, 0.25) is 0 Å². The fraction of sp³-hybridized carbons (Fsp3) is 0.600. The summed E-state index contributed by atoms with van der Waals surface area (Å²) in [6.07, 6.45) is 2.45. The third-order valence-electron chi connectivity index (χ3n) is 5.87. The Morgan fingerprint density at radius 1 is 1.12 bits per heavy atom. The van der Waals surface area contributed by atoms with Crippen LogP contribution in [0.3, 0.4) is 0 Å². The molecule has 2 atom stereocenters. The molecule has 0 aliphatic carbocycles. The maximum Gasteiger partial charge on any atom is 0.232 e. The molecule has 0 unspecified atom stereocenters. The fourth-order valence-electron chi connectivity index (χ4n) is 4.37. The molecule has 2 heterocycles. The average Bonchev–Trinajstić information content (AvgIpc) is 2.80. The van der Waals surface area contributed by atoms with Crippen LogP contribution < -0.4 is 5.32 Å². The van der Waals surface area contributed by atoms with Crippen LogP contribution in [0.15, 0.2) is 30.3 Å². The molecular weight excluding hydrogens is 314 g/mol. The number of amides is 2. The van der Waals surface area contributed by atoms with Crippen LogP contribution >= 0.6 is 0 Å². The second kappa shape index (κ2) is 7.16. The summed E-state index contributed by atoms with van der Waals surface area (Å²) >= 11 is 0. The number of hydrogen-bond acceptors (Lipinski definition) is 3. The predicted octanol–water partition coefficient (Wildman–Crippen LogP) is 2.59. The number of carbonyl (C=O) groups excluding carboxylic acids is 2. The first-order valence-corrected chi connectivity index (χ1v) is 9.29. The van der Waals surface area contributed by atoms with Crippen molar-refractivity contribution in [2.75, 3.05) is 32.0 Å². The van der Waals surface area contributed by atoms with E-state index in [1.54, 1.807) is 0 Å². The molecule has 2 amide bonds. The van der Waals surface area contributed by atoms with Gasteiger partial charge in [-0.25, -0.2) is 0 Å². The van der Waals surface area contributed by atoms with Crippen LogP contribution in [0.5, 0.6) is 0 Å². The Morgan fingerprint density at radius 3 is 2.48 bits per heavy atom. The summed E-state index contributed by atoms with van der Waals surface area (Å²) in [4.78, 5) is 29.9. The van der Waals surface area contributed by atoms with Gasteiger partial charge in [-0.15, -0.1) is 0 Å². The van der Waals surface area contributed by atoms with E-state index in [1.165, 1.54) is 0 Å². The van der Waals surface area contributed by atoms with Gasteiger partial charge < -0.3 is 15.1 Å². The Labute approximate surface area is 150 Å². The minimum absolute atomic E-state index is 0.00441. The highest BCUT2D eigenvalue weighted by Gasteiger charge is 2.52. The third-order valence-corrected chi connectivity index (χ3v) is 5.87. The molecule has 0 spiro atoms. The highest BCUT2D eigenvalue weighted by molar-refractivity contribution is 5.96. The Balaban J connectivity index is 1.81. The molecule has 136 valence electrons. The van der Waals surface area contributed by atoms with E-state index in [-0.39, 0.29) is 23.8 Å². The van der Waals surface area contributed by atoms with Gasteiger partial charge in [0.15, 0.2) is 0 Å². The number of para-hydroxylation sites is 1. The van der Waals surface area contributed by atoms with Crippen molar-refractivity contribution in [1.29, 1.82) is 0 Å². The summed E-state index contributed by atoms with van der Waals surface area (Å²) < 4.78 is 0. The zero-order valence-corrected chi connectivity index (χ0v) is 15.5. The van der Waals surface area contributed by atoms with Gasteiger partial charge in [-0.2, -0.15) is 0 Å². The summed E-state index contributed by atoms with van der Waals surface area (Å²) in [6.45, 7) is 6.23. The van der Waals surface area contributed by atoms with E-state index in [9.17, 15) is 9.59 Å². The number of rotatable bonds is 3. The van der Waals surface area contributed by atoms with E-state index in [0.29, 0.717) is 6.54 Å². The van der Waals surface area contributed by atoms with Gasteiger partial charge in [0.1, 0.15) is 0 Å². The molecule has 1 N–H and O–H groups in total.